The molecule has 1 saturated heterocycles. The average Bonchev–Trinajstić information content (AvgIpc) is 3.30. The Hall–Kier alpha value is -2.63. The number of carbonyl (C=O) groups excluding carboxylic acids is 1. The minimum absolute atomic E-state index is 0. The molecule has 0 bridgehead atoms. The van der Waals surface area contributed by atoms with Gasteiger partial charge in [-0.1, -0.05) is 6.07 Å². The van der Waals surface area contributed by atoms with Crippen LogP contribution in [0.5, 0.6) is 0 Å². The van der Waals surface area contributed by atoms with Crippen LogP contribution in [0, 0.1) is 0 Å². The highest BCUT2D eigenvalue weighted by Crippen LogP contribution is 2.16. The summed E-state index contributed by atoms with van der Waals surface area (Å²) in [5.41, 5.74) is 2.62. The molecule has 0 spiro atoms. The molecule has 9 nitrogen and oxygen atoms in total. The second kappa shape index (κ2) is 9.25. The summed E-state index contributed by atoms with van der Waals surface area (Å²) in [5, 5.41) is 7.44. The Balaban J connectivity index is 0.00000240. The van der Waals surface area contributed by atoms with Crippen molar-refractivity contribution >= 4 is 47.2 Å². The summed E-state index contributed by atoms with van der Waals surface area (Å²) in [6.45, 7) is 4.81. The highest BCUT2D eigenvalue weighted by molar-refractivity contribution is 14.0. The Morgan fingerprint density at radius 1 is 1.28 bits per heavy atom. The zero-order chi connectivity index (χ0) is 19.5. The van der Waals surface area contributed by atoms with E-state index in [1.54, 1.807) is 15.8 Å². The highest BCUT2D eigenvalue weighted by Gasteiger charge is 2.27. The van der Waals surface area contributed by atoms with Crippen LogP contribution in [-0.2, 0) is 18.4 Å². The van der Waals surface area contributed by atoms with Crippen LogP contribution in [0.15, 0.2) is 48.0 Å². The number of guanidine groups is 1. The van der Waals surface area contributed by atoms with Gasteiger partial charge in [-0.15, -0.1) is 24.0 Å². The van der Waals surface area contributed by atoms with Gasteiger partial charge in [0.05, 0.1) is 24.1 Å². The van der Waals surface area contributed by atoms with Crippen molar-refractivity contribution in [1.29, 1.82) is 0 Å². The lowest BCUT2D eigenvalue weighted by Gasteiger charge is -2.35. The maximum Gasteiger partial charge on any atom is 0.246 e. The topological polar surface area (TPSA) is 83.1 Å². The van der Waals surface area contributed by atoms with Gasteiger partial charge in [0.15, 0.2) is 5.96 Å². The molecule has 1 aliphatic heterocycles. The van der Waals surface area contributed by atoms with Gasteiger partial charge < -0.3 is 19.5 Å². The molecule has 3 aromatic rings. The van der Waals surface area contributed by atoms with Crippen molar-refractivity contribution in [2.45, 2.75) is 13.5 Å². The fraction of sp³-hybridized carbons (Fsp3) is 0.368. The monoisotopic (exact) mass is 508 g/mol. The van der Waals surface area contributed by atoms with E-state index < -0.39 is 0 Å². The van der Waals surface area contributed by atoms with Crippen LogP contribution >= 0.6 is 24.0 Å². The van der Waals surface area contributed by atoms with Crippen LogP contribution in [-0.4, -0.2) is 62.1 Å². The average molecular weight is 508 g/mol. The Kier molecular flexibility index (Phi) is 6.72. The van der Waals surface area contributed by atoms with Crippen molar-refractivity contribution in [2.24, 2.45) is 12.0 Å². The zero-order valence-electron chi connectivity index (χ0n) is 16.5. The number of piperazine rings is 1. The molecule has 1 fully saturated rings. The first-order chi connectivity index (χ1) is 13.6. The molecule has 10 heteroatoms. The van der Waals surface area contributed by atoms with E-state index in [0.29, 0.717) is 19.6 Å². The first kappa shape index (κ1) is 21.1. The van der Waals surface area contributed by atoms with E-state index in [4.69, 9.17) is 4.99 Å². The molecular weight excluding hydrogens is 483 g/mol. The summed E-state index contributed by atoms with van der Waals surface area (Å²) in [6.07, 6.45) is 7.53. The van der Waals surface area contributed by atoms with Crippen molar-refractivity contribution in [3.05, 3.63) is 48.7 Å². The van der Waals surface area contributed by atoms with Crippen molar-refractivity contribution < 1.29 is 4.79 Å². The van der Waals surface area contributed by atoms with Gasteiger partial charge in [0, 0.05) is 45.3 Å². The molecule has 0 aliphatic carbocycles. The number of amides is 1. The SMILES string of the molecule is CCNC(=NCc1cn2ccccc2n1)N1CCN(c2cnn(C)c2)C(=O)C1.I. The minimum atomic E-state index is 0. The summed E-state index contributed by atoms with van der Waals surface area (Å²) < 4.78 is 3.68. The number of halogens is 1. The Morgan fingerprint density at radius 3 is 2.83 bits per heavy atom. The van der Waals surface area contributed by atoms with Crippen LogP contribution in [0.3, 0.4) is 0 Å². The van der Waals surface area contributed by atoms with Crippen molar-refractivity contribution in [3.63, 3.8) is 0 Å². The zero-order valence-corrected chi connectivity index (χ0v) is 18.9. The van der Waals surface area contributed by atoms with Crippen LogP contribution in [0.2, 0.25) is 0 Å². The van der Waals surface area contributed by atoms with Crippen LogP contribution in [0.4, 0.5) is 5.69 Å². The quantitative estimate of drug-likeness (QED) is 0.328. The van der Waals surface area contributed by atoms with E-state index >= 15 is 0 Å². The molecule has 0 atom stereocenters. The maximum absolute atomic E-state index is 12.7. The molecule has 1 amide bonds. The van der Waals surface area contributed by atoms with Gasteiger partial charge in [-0.2, -0.15) is 5.10 Å². The summed E-state index contributed by atoms with van der Waals surface area (Å²) in [6, 6.07) is 5.90. The van der Waals surface area contributed by atoms with Crippen molar-refractivity contribution in [3.8, 4) is 0 Å². The fourth-order valence-electron chi connectivity index (χ4n) is 3.32. The van der Waals surface area contributed by atoms with Gasteiger partial charge in [0.25, 0.3) is 0 Å². The van der Waals surface area contributed by atoms with Gasteiger partial charge in [-0.05, 0) is 19.1 Å². The second-order valence-corrected chi connectivity index (χ2v) is 6.71. The predicted molar refractivity (Wildman–Crippen MR) is 123 cm³/mol. The molecule has 3 aromatic heterocycles. The lowest BCUT2D eigenvalue weighted by molar-refractivity contribution is -0.120. The van der Waals surface area contributed by atoms with E-state index in [9.17, 15) is 4.79 Å². The van der Waals surface area contributed by atoms with Crippen LogP contribution in [0.25, 0.3) is 5.65 Å². The number of hydrogen-bond donors (Lipinski definition) is 1. The van der Waals surface area contributed by atoms with Gasteiger partial charge in [0.2, 0.25) is 5.91 Å². The third-order valence-corrected chi connectivity index (χ3v) is 4.66. The first-order valence-corrected chi connectivity index (χ1v) is 9.39. The van der Waals surface area contributed by atoms with Crippen molar-refractivity contribution in [1.82, 2.24) is 29.4 Å². The van der Waals surface area contributed by atoms with E-state index in [2.05, 4.69) is 15.4 Å². The lowest BCUT2D eigenvalue weighted by Crippen LogP contribution is -2.55. The minimum Gasteiger partial charge on any atom is -0.356 e. The third kappa shape index (κ3) is 4.69. The summed E-state index contributed by atoms with van der Waals surface area (Å²) in [4.78, 5) is 25.7. The third-order valence-electron chi connectivity index (χ3n) is 4.66. The van der Waals surface area contributed by atoms with E-state index in [0.717, 1.165) is 29.5 Å². The normalized spacial score (nSPS) is 15.0. The van der Waals surface area contributed by atoms with E-state index in [1.807, 2.05) is 60.1 Å². The predicted octanol–water partition coefficient (Wildman–Crippen LogP) is 1.50. The molecule has 29 heavy (non-hydrogen) atoms. The number of aromatic nitrogens is 4. The number of anilines is 1. The van der Waals surface area contributed by atoms with Gasteiger partial charge in [0.1, 0.15) is 12.2 Å². The lowest BCUT2D eigenvalue weighted by atomic mass is 10.3. The standard InChI is InChI=1S/C19H24N8O.HI/c1-3-20-19(21-10-15-12-25-7-5-4-6-17(25)23-15)26-8-9-27(18(28)14-26)16-11-22-24(2)13-16;/h4-7,11-13H,3,8-10,14H2,1-2H3,(H,20,21);1H. The molecule has 0 aromatic carbocycles. The number of nitrogens with one attached hydrogen (secondary N) is 1. The molecule has 1 N–H and O–H groups in total. The number of aliphatic imine (C=N–C) groups is 1. The molecular formula is C19H25IN8O. The molecule has 0 unspecified atom stereocenters. The van der Waals surface area contributed by atoms with E-state index in [1.165, 1.54) is 0 Å². The van der Waals surface area contributed by atoms with Gasteiger partial charge >= 0.3 is 0 Å². The number of nitrogens with zero attached hydrogens (tertiary/aromatic N) is 7. The molecule has 4 heterocycles. The van der Waals surface area contributed by atoms with Crippen LogP contribution < -0.4 is 10.2 Å². The van der Waals surface area contributed by atoms with Gasteiger partial charge in [-0.3, -0.25) is 9.48 Å². The number of rotatable bonds is 4. The largest absolute Gasteiger partial charge is 0.356 e. The van der Waals surface area contributed by atoms with E-state index in [-0.39, 0.29) is 36.4 Å². The Labute approximate surface area is 186 Å². The van der Waals surface area contributed by atoms with Crippen LogP contribution in [0.1, 0.15) is 12.6 Å². The number of imidazole rings is 1. The Morgan fingerprint density at radius 2 is 2.14 bits per heavy atom. The second-order valence-electron chi connectivity index (χ2n) is 6.71. The first-order valence-electron chi connectivity index (χ1n) is 9.39. The number of fused-ring (bicyclic) bond motifs is 1. The summed E-state index contributed by atoms with van der Waals surface area (Å²) in [5.74, 6) is 0.774. The number of carbonyl (C=O) groups is 1. The fourth-order valence-corrected chi connectivity index (χ4v) is 3.32. The summed E-state index contributed by atoms with van der Waals surface area (Å²) >= 11 is 0. The number of hydrogen-bond acceptors (Lipinski definition) is 4. The smallest absolute Gasteiger partial charge is 0.246 e. The van der Waals surface area contributed by atoms with Crippen molar-refractivity contribution in [2.75, 3.05) is 31.1 Å². The maximum atomic E-state index is 12.7. The molecule has 1 aliphatic rings. The number of aryl methyl sites for hydroxylation is 1. The molecule has 4 rings (SSSR count). The molecule has 0 radical (unpaired) electrons. The Bertz CT molecular complexity index is 977. The number of pyridine rings is 1. The van der Waals surface area contributed by atoms with Gasteiger partial charge in [-0.25, -0.2) is 9.98 Å². The molecule has 0 saturated carbocycles. The highest BCUT2D eigenvalue weighted by atomic mass is 127. The summed E-state index contributed by atoms with van der Waals surface area (Å²) in [7, 11) is 1.85. The molecule has 154 valence electrons.